The number of halogens is 1. The fourth-order valence-electron chi connectivity index (χ4n) is 2.49. The molecule has 1 aromatic carbocycles. The molecule has 17 heavy (non-hydrogen) atoms. The number of carbonyl (C=O) groups is 1. The maximum absolute atomic E-state index is 11.1. The molecule has 1 aromatic rings. The van der Waals surface area contributed by atoms with Crippen LogP contribution in [0.2, 0.25) is 0 Å². The molecule has 2 rings (SSSR count). The summed E-state index contributed by atoms with van der Waals surface area (Å²) in [6.07, 6.45) is 4.71. The van der Waals surface area contributed by atoms with Gasteiger partial charge in [-0.3, -0.25) is 0 Å². The molecule has 0 radical (unpaired) electrons. The summed E-state index contributed by atoms with van der Waals surface area (Å²) in [6.45, 7) is 1.73. The number of phenolic OH excluding ortho intramolecular Hbond substituents is 1. The first-order valence-electron chi connectivity index (χ1n) is 6.08. The second-order valence-corrected chi connectivity index (χ2v) is 8.53. The van der Waals surface area contributed by atoms with Crippen LogP contribution in [-0.4, -0.2) is 12.8 Å². The number of alkyl halides is 1. The van der Waals surface area contributed by atoms with Crippen LogP contribution in [-0.2, 0) is 4.79 Å². The average molecular weight is 345 g/mol. The first-order valence-corrected chi connectivity index (χ1v) is 8.40. The first kappa shape index (κ1) is 12.9. The molecule has 1 aliphatic carbocycles. The Hall–Kier alpha value is -0.580. The summed E-state index contributed by atoms with van der Waals surface area (Å²) in [5, 5.41) is 9.48. The second kappa shape index (κ2) is 5.85. The molecular weight excluding hydrogens is 327 g/mol. The van der Waals surface area contributed by atoms with E-state index in [4.69, 9.17) is 0 Å². The van der Waals surface area contributed by atoms with Crippen molar-refractivity contribution in [1.82, 2.24) is 0 Å². The fourth-order valence-corrected chi connectivity index (χ4v) is 5.07. The number of carbonyl (C=O) groups excluding carboxylic acids is 1. The van der Waals surface area contributed by atoms with Crippen molar-refractivity contribution in [3.63, 3.8) is 0 Å². The van der Waals surface area contributed by atoms with Gasteiger partial charge in [0.2, 0.25) is 0 Å². The molecule has 1 N–H and O–H groups in total. The van der Waals surface area contributed by atoms with E-state index >= 15 is 0 Å². The number of benzene rings is 1. The van der Waals surface area contributed by atoms with E-state index in [1.165, 1.54) is 31.2 Å². The van der Waals surface area contributed by atoms with Crippen molar-refractivity contribution in [1.29, 1.82) is 0 Å². The summed E-state index contributed by atoms with van der Waals surface area (Å²) >= 11 is -0.240. The van der Waals surface area contributed by atoms with E-state index in [1.807, 2.05) is 12.1 Å². The van der Waals surface area contributed by atoms with Gasteiger partial charge >= 0.3 is 113 Å². The van der Waals surface area contributed by atoms with Crippen LogP contribution in [0.1, 0.15) is 44.1 Å². The van der Waals surface area contributed by atoms with Crippen LogP contribution >= 0.6 is 0 Å². The van der Waals surface area contributed by atoms with Crippen molar-refractivity contribution in [3.8, 4) is 5.75 Å². The minimum absolute atomic E-state index is 0.240. The topological polar surface area (TPSA) is 37.3 Å². The summed E-state index contributed by atoms with van der Waals surface area (Å²) < 4.78 is 1.12. The predicted octanol–water partition coefficient (Wildman–Crippen LogP) is 0.0539. The molecule has 0 aliphatic heterocycles. The second-order valence-electron chi connectivity index (χ2n) is 4.62. The number of rotatable bonds is 3. The van der Waals surface area contributed by atoms with Crippen molar-refractivity contribution in [2.24, 2.45) is 0 Å². The molecule has 0 amide bonds. The fraction of sp³-hybridized carbons (Fsp3) is 0.500. The Morgan fingerprint density at radius 2 is 2.00 bits per heavy atom. The Labute approximate surface area is 113 Å². The number of phenols is 1. The van der Waals surface area contributed by atoms with Crippen LogP contribution in [0.5, 0.6) is 5.75 Å². The zero-order valence-corrected chi connectivity index (χ0v) is 12.2. The molecule has 3 heteroatoms. The van der Waals surface area contributed by atoms with E-state index in [-0.39, 0.29) is 21.2 Å². The molecule has 0 saturated heterocycles. The predicted molar refractivity (Wildman–Crippen MR) is 63.8 cm³/mol. The van der Waals surface area contributed by atoms with E-state index in [0.717, 1.165) is 0 Å². The number of hydrogen-bond donors (Lipinski definition) is 1. The molecule has 1 saturated carbocycles. The average Bonchev–Trinajstić information content (AvgIpc) is 2.29. The quantitative estimate of drug-likeness (QED) is 0.478. The third-order valence-electron chi connectivity index (χ3n) is 3.31. The van der Waals surface area contributed by atoms with Gasteiger partial charge in [-0.2, -0.15) is 0 Å². The SMILES string of the molecule is CC(=O)[I-]C1CCC(c2cccc(O)c2)CC1. The zero-order chi connectivity index (χ0) is 12.3. The van der Waals surface area contributed by atoms with Crippen molar-refractivity contribution >= 4 is 3.79 Å². The van der Waals surface area contributed by atoms with Gasteiger partial charge in [0.25, 0.3) is 0 Å². The standard InChI is InChI=1S/C14H18IO2/c1-10(16)15-13-7-5-11(6-8-13)12-3-2-4-14(17)9-12/h2-4,9,11,13,17H,5-8H2,1H3/q-1. The van der Waals surface area contributed by atoms with Gasteiger partial charge < -0.3 is 0 Å². The summed E-state index contributed by atoms with van der Waals surface area (Å²) in [6, 6.07) is 7.62. The molecule has 0 aromatic heterocycles. The molecule has 1 aliphatic rings. The molecule has 0 heterocycles. The summed E-state index contributed by atoms with van der Waals surface area (Å²) in [5.74, 6) is 0.940. The van der Waals surface area contributed by atoms with Crippen LogP contribution < -0.4 is 21.2 Å². The Kier molecular flexibility index (Phi) is 4.42. The number of hydrogen-bond acceptors (Lipinski definition) is 2. The third-order valence-corrected chi connectivity index (χ3v) is 6.31. The monoisotopic (exact) mass is 345 g/mol. The van der Waals surface area contributed by atoms with E-state index in [1.54, 1.807) is 13.0 Å². The van der Waals surface area contributed by atoms with E-state index in [0.29, 0.717) is 19.4 Å². The van der Waals surface area contributed by atoms with Crippen LogP contribution in [0.25, 0.3) is 0 Å². The normalized spacial score (nSPS) is 24.8. The van der Waals surface area contributed by atoms with Crippen molar-refractivity contribution in [2.75, 3.05) is 0 Å². The van der Waals surface area contributed by atoms with Crippen molar-refractivity contribution in [2.45, 2.75) is 42.4 Å². The van der Waals surface area contributed by atoms with Gasteiger partial charge in [0, 0.05) is 0 Å². The zero-order valence-electron chi connectivity index (χ0n) is 10.0. The molecule has 0 unspecified atom stereocenters. The van der Waals surface area contributed by atoms with Crippen LogP contribution in [0, 0.1) is 0 Å². The Bertz CT molecular complexity index is 395. The Morgan fingerprint density at radius 3 is 2.59 bits per heavy atom. The van der Waals surface area contributed by atoms with Gasteiger partial charge in [-0.25, -0.2) is 0 Å². The van der Waals surface area contributed by atoms with Gasteiger partial charge in [-0.15, -0.1) is 0 Å². The third kappa shape index (κ3) is 3.69. The summed E-state index contributed by atoms with van der Waals surface area (Å²) in [5.41, 5.74) is 1.25. The van der Waals surface area contributed by atoms with Crippen LogP contribution in [0.4, 0.5) is 0 Å². The van der Waals surface area contributed by atoms with Crippen molar-refractivity contribution < 1.29 is 31.1 Å². The Morgan fingerprint density at radius 1 is 1.29 bits per heavy atom. The van der Waals surface area contributed by atoms with Gasteiger partial charge in [0.05, 0.1) is 0 Å². The van der Waals surface area contributed by atoms with E-state index in [2.05, 4.69) is 6.07 Å². The van der Waals surface area contributed by atoms with Gasteiger partial charge in [-0.1, -0.05) is 0 Å². The maximum atomic E-state index is 11.1. The molecule has 0 spiro atoms. The Balaban J connectivity index is 1.93. The molecule has 0 atom stereocenters. The molecule has 2 nitrogen and oxygen atoms in total. The first-order chi connectivity index (χ1) is 8.15. The molecule has 94 valence electrons. The summed E-state index contributed by atoms with van der Waals surface area (Å²) in [4.78, 5) is 11.1. The van der Waals surface area contributed by atoms with E-state index in [9.17, 15) is 9.90 Å². The van der Waals surface area contributed by atoms with E-state index < -0.39 is 0 Å². The van der Waals surface area contributed by atoms with Gasteiger partial charge in [0.1, 0.15) is 0 Å². The van der Waals surface area contributed by atoms with Crippen LogP contribution in [0.15, 0.2) is 24.3 Å². The molecule has 0 bridgehead atoms. The summed E-state index contributed by atoms with van der Waals surface area (Å²) in [7, 11) is 0. The molecule has 1 fully saturated rings. The van der Waals surface area contributed by atoms with Crippen LogP contribution in [0.3, 0.4) is 0 Å². The minimum atomic E-state index is -0.240. The van der Waals surface area contributed by atoms with Gasteiger partial charge in [-0.05, 0) is 0 Å². The van der Waals surface area contributed by atoms with Crippen molar-refractivity contribution in [3.05, 3.63) is 29.8 Å². The molecular formula is C14H18IO2-. The number of aromatic hydroxyl groups is 1. The van der Waals surface area contributed by atoms with Gasteiger partial charge in [0.15, 0.2) is 0 Å².